The fraction of sp³-hybridized carbons (Fsp3) is 0.400. The van der Waals surface area contributed by atoms with Gasteiger partial charge in [-0.2, -0.15) is 0 Å². The number of hydrogen-bond donors (Lipinski definition) is 1. The highest BCUT2D eigenvalue weighted by molar-refractivity contribution is 6.68. The summed E-state index contributed by atoms with van der Waals surface area (Å²) in [6, 6.07) is 8.44. The molecule has 2 aliphatic heterocycles. The van der Waals surface area contributed by atoms with E-state index in [0.717, 1.165) is 11.0 Å². The van der Waals surface area contributed by atoms with E-state index in [4.69, 9.17) is 13.8 Å². The van der Waals surface area contributed by atoms with Crippen LogP contribution in [0.25, 0.3) is 22.6 Å². The lowest BCUT2D eigenvalue weighted by Crippen LogP contribution is -2.62. The lowest BCUT2D eigenvalue weighted by Gasteiger charge is -2.48. The normalized spacial score (nSPS) is 17.3. The second-order valence-electron chi connectivity index (χ2n) is 9.59. The highest BCUT2D eigenvalue weighted by atomic mass is 16.6. The first kappa shape index (κ1) is 23.2. The summed E-state index contributed by atoms with van der Waals surface area (Å²) in [4.78, 5) is 28.4. The van der Waals surface area contributed by atoms with Crippen LogP contribution < -0.4 is 16.2 Å². The van der Waals surface area contributed by atoms with Crippen LogP contribution in [-0.4, -0.2) is 42.1 Å². The topological polar surface area (TPSA) is 90.7 Å². The molecule has 7 nitrogen and oxygen atoms in total. The van der Waals surface area contributed by atoms with Crippen molar-refractivity contribution in [3.05, 3.63) is 58.3 Å². The maximum atomic E-state index is 12.0. The summed E-state index contributed by atoms with van der Waals surface area (Å²) in [6.45, 7) is 13.9. The molecule has 1 aromatic rings. The van der Waals surface area contributed by atoms with Crippen LogP contribution in [0.3, 0.4) is 0 Å². The van der Waals surface area contributed by atoms with E-state index in [1.807, 2.05) is 39.8 Å². The van der Waals surface area contributed by atoms with Crippen LogP contribution in [0.2, 0.25) is 0 Å². The number of amides is 1. The second kappa shape index (κ2) is 8.43. The van der Waals surface area contributed by atoms with Crippen molar-refractivity contribution in [1.29, 1.82) is 0 Å². The van der Waals surface area contributed by atoms with Gasteiger partial charge in [-0.25, -0.2) is 4.98 Å². The predicted molar refractivity (Wildman–Crippen MR) is 129 cm³/mol. The molecule has 1 saturated heterocycles. The van der Waals surface area contributed by atoms with E-state index in [-0.39, 0.29) is 18.3 Å². The van der Waals surface area contributed by atoms with Crippen molar-refractivity contribution >= 4 is 29.4 Å². The maximum absolute atomic E-state index is 12.0. The van der Waals surface area contributed by atoms with Crippen molar-refractivity contribution in [2.45, 2.75) is 52.2 Å². The molecule has 2 heterocycles. The molecule has 1 aliphatic carbocycles. The standard InChI is InChI=1S/C25H29BN2O5/c1-15(2)23(30)27-10-9-16-11-20-22(32-21-12-17(29)7-8-19(21)28-20)13-18(16)26-14-31-24(3,4)25(5,6)33-26/h7-8,11-13H,1,9-10,14H2,2-6H3,(H,27,30). The van der Waals surface area contributed by atoms with E-state index < -0.39 is 11.2 Å². The van der Waals surface area contributed by atoms with Crippen molar-refractivity contribution < 1.29 is 18.6 Å². The minimum Gasteiger partial charge on any atom is -0.453 e. The average molecular weight is 448 g/mol. The summed E-state index contributed by atoms with van der Waals surface area (Å²) in [6.07, 6.45) is 0.577. The Morgan fingerprint density at radius 2 is 1.94 bits per heavy atom. The number of fused-ring (bicyclic) bond motifs is 2. The Morgan fingerprint density at radius 3 is 2.64 bits per heavy atom. The fourth-order valence-electron chi connectivity index (χ4n) is 3.83. The van der Waals surface area contributed by atoms with Gasteiger partial charge < -0.3 is 19.1 Å². The first-order valence-corrected chi connectivity index (χ1v) is 11.1. The molecular weight excluding hydrogens is 419 g/mol. The van der Waals surface area contributed by atoms with Gasteiger partial charge in [0.1, 0.15) is 11.2 Å². The smallest absolute Gasteiger partial charge is 0.354 e. The third-order valence-corrected chi connectivity index (χ3v) is 6.51. The van der Waals surface area contributed by atoms with Gasteiger partial charge >= 0.3 is 6.92 Å². The number of carbonyl (C=O) groups excluding carboxylic acids is 1. The highest BCUT2D eigenvalue weighted by Gasteiger charge is 2.47. The van der Waals surface area contributed by atoms with Crippen LogP contribution in [0.5, 0.6) is 0 Å². The monoisotopic (exact) mass is 448 g/mol. The minimum atomic E-state index is -0.521. The van der Waals surface area contributed by atoms with E-state index in [0.29, 0.717) is 47.6 Å². The molecule has 3 aliphatic rings. The van der Waals surface area contributed by atoms with E-state index in [2.05, 4.69) is 16.9 Å². The van der Waals surface area contributed by atoms with E-state index in [1.54, 1.807) is 13.0 Å². The maximum Gasteiger partial charge on any atom is 0.354 e. The van der Waals surface area contributed by atoms with Crippen molar-refractivity contribution in [3.63, 3.8) is 0 Å². The van der Waals surface area contributed by atoms with Crippen LogP contribution in [0, 0.1) is 0 Å². The van der Waals surface area contributed by atoms with Crippen molar-refractivity contribution in [2.24, 2.45) is 0 Å². The molecule has 172 valence electrons. The van der Waals surface area contributed by atoms with Gasteiger partial charge in [-0.1, -0.05) is 6.58 Å². The predicted octanol–water partition coefficient (Wildman–Crippen LogP) is 2.87. The first-order chi connectivity index (χ1) is 15.5. The SMILES string of the molecule is C=C(C)C(=O)NCCc1cc2nc3ccc(=O)cc-3oc2cc1B1COC(C)(C)C(C)(C)O1. The number of benzene rings is 2. The number of rotatable bonds is 5. The Bertz CT molecular complexity index is 1260. The van der Waals surface area contributed by atoms with Crippen LogP contribution >= 0.6 is 0 Å². The number of ether oxygens (including phenoxy) is 1. The molecule has 1 fully saturated rings. The van der Waals surface area contributed by atoms with Crippen LogP contribution in [0.1, 0.15) is 40.2 Å². The van der Waals surface area contributed by atoms with E-state index in [1.165, 1.54) is 12.1 Å². The Morgan fingerprint density at radius 1 is 1.18 bits per heavy atom. The lowest BCUT2D eigenvalue weighted by molar-refractivity contribution is -0.152. The zero-order chi connectivity index (χ0) is 24.0. The molecular formula is C25H29BN2O5. The summed E-state index contributed by atoms with van der Waals surface area (Å²) in [5.41, 5.74) is 3.10. The summed E-state index contributed by atoms with van der Waals surface area (Å²) in [7, 11) is 0. The molecule has 0 bridgehead atoms. The van der Waals surface area contributed by atoms with Crippen molar-refractivity contribution in [2.75, 3.05) is 13.1 Å². The van der Waals surface area contributed by atoms with Crippen molar-refractivity contribution in [3.8, 4) is 11.5 Å². The highest BCUT2D eigenvalue weighted by Crippen LogP contribution is 2.34. The average Bonchev–Trinajstić information content (AvgIpc) is 2.73. The van der Waals surface area contributed by atoms with E-state index >= 15 is 0 Å². The Kier molecular flexibility index (Phi) is 5.93. The Hall–Kier alpha value is -2.97. The molecule has 4 rings (SSSR count). The van der Waals surface area contributed by atoms with Crippen LogP contribution in [0.4, 0.5) is 0 Å². The molecule has 0 atom stereocenters. The third-order valence-electron chi connectivity index (χ3n) is 6.51. The summed E-state index contributed by atoms with van der Waals surface area (Å²) in [5, 5.41) is 2.88. The molecule has 1 N–H and O–H groups in total. The van der Waals surface area contributed by atoms with Gasteiger partial charge in [0.15, 0.2) is 16.8 Å². The summed E-state index contributed by atoms with van der Waals surface area (Å²) in [5.74, 6) is 0.259. The van der Waals surface area contributed by atoms with Gasteiger partial charge in [-0.3, -0.25) is 9.59 Å². The van der Waals surface area contributed by atoms with Crippen LogP contribution in [-0.2, 0) is 20.6 Å². The van der Waals surface area contributed by atoms with Gasteiger partial charge in [0.25, 0.3) is 0 Å². The summed E-state index contributed by atoms with van der Waals surface area (Å²) < 4.78 is 18.7. The molecule has 1 aromatic carbocycles. The van der Waals surface area contributed by atoms with Crippen molar-refractivity contribution in [1.82, 2.24) is 10.3 Å². The molecule has 0 aromatic heterocycles. The second-order valence-corrected chi connectivity index (χ2v) is 9.59. The number of nitrogens with one attached hydrogen (secondary N) is 1. The zero-order valence-corrected chi connectivity index (χ0v) is 19.8. The number of carbonyl (C=O) groups is 1. The third kappa shape index (κ3) is 4.58. The molecule has 0 unspecified atom stereocenters. The molecule has 0 saturated carbocycles. The number of aromatic nitrogens is 1. The van der Waals surface area contributed by atoms with Gasteiger partial charge in [0.2, 0.25) is 5.91 Å². The zero-order valence-electron chi connectivity index (χ0n) is 19.8. The fourth-order valence-corrected chi connectivity index (χ4v) is 3.83. The summed E-state index contributed by atoms with van der Waals surface area (Å²) >= 11 is 0. The quantitative estimate of drug-likeness (QED) is 0.367. The Labute approximate surface area is 193 Å². The lowest BCUT2D eigenvalue weighted by atomic mass is 9.57. The molecule has 1 amide bonds. The van der Waals surface area contributed by atoms with Gasteiger partial charge in [0, 0.05) is 18.2 Å². The van der Waals surface area contributed by atoms with Crippen LogP contribution in [0.15, 0.2) is 51.7 Å². The molecule has 0 spiro atoms. The molecule has 33 heavy (non-hydrogen) atoms. The minimum absolute atomic E-state index is 0.134. The van der Waals surface area contributed by atoms with E-state index in [9.17, 15) is 9.59 Å². The molecule has 8 heteroatoms. The van der Waals surface area contributed by atoms with Gasteiger partial charge in [0.05, 0.1) is 17.7 Å². The van der Waals surface area contributed by atoms with Gasteiger partial charge in [-0.15, -0.1) is 0 Å². The first-order valence-electron chi connectivity index (χ1n) is 11.1. The Balaban J connectivity index is 1.77. The van der Waals surface area contributed by atoms with Gasteiger partial charge in [-0.05, 0) is 76.3 Å². The molecule has 0 radical (unpaired) electrons. The number of nitrogens with zero attached hydrogens (tertiary/aromatic N) is 1. The number of hydrogen-bond acceptors (Lipinski definition) is 6. The largest absolute Gasteiger partial charge is 0.453 e.